The van der Waals surface area contributed by atoms with E-state index in [1.807, 2.05) is 41.1 Å². The number of aryl methyl sites for hydroxylation is 1. The second-order valence-corrected chi connectivity index (χ2v) is 4.46. The van der Waals surface area contributed by atoms with E-state index in [2.05, 4.69) is 21.9 Å². The maximum absolute atomic E-state index is 5.72. The quantitative estimate of drug-likeness (QED) is 0.739. The Hall–Kier alpha value is -2.69. The first-order chi connectivity index (χ1) is 9.78. The summed E-state index contributed by atoms with van der Waals surface area (Å²) < 4.78 is 1.95. The second-order valence-electron chi connectivity index (χ2n) is 4.46. The Morgan fingerprint density at radius 1 is 1.10 bits per heavy atom. The van der Waals surface area contributed by atoms with Crippen molar-refractivity contribution in [3.8, 4) is 17.2 Å². The average molecular weight is 265 g/mol. The Labute approximate surface area is 117 Å². The van der Waals surface area contributed by atoms with Crippen LogP contribution in [-0.4, -0.2) is 19.5 Å². The van der Waals surface area contributed by atoms with Crippen molar-refractivity contribution in [3.05, 3.63) is 54.7 Å². The number of imidazole rings is 1. The Morgan fingerprint density at radius 3 is 2.65 bits per heavy atom. The molecule has 0 bridgehead atoms. The van der Waals surface area contributed by atoms with Crippen molar-refractivity contribution in [1.29, 1.82) is 0 Å². The van der Waals surface area contributed by atoms with Gasteiger partial charge in [0.2, 0.25) is 0 Å². The molecule has 0 saturated heterocycles. The molecule has 0 spiro atoms. The lowest BCUT2D eigenvalue weighted by molar-refractivity contribution is 0.932. The van der Waals surface area contributed by atoms with Gasteiger partial charge >= 0.3 is 0 Å². The number of nitrogens with two attached hydrogens (primary N) is 1. The zero-order chi connectivity index (χ0) is 13.9. The van der Waals surface area contributed by atoms with Gasteiger partial charge in [-0.25, -0.2) is 15.0 Å². The van der Waals surface area contributed by atoms with Crippen LogP contribution in [-0.2, 0) is 6.42 Å². The average Bonchev–Trinajstić information content (AvgIpc) is 2.97. The van der Waals surface area contributed by atoms with Gasteiger partial charge in [0, 0.05) is 35.4 Å². The minimum atomic E-state index is 0.738. The summed E-state index contributed by atoms with van der Waals surface area (Å²) in [6.07, 6.45) is 6.12. The van der Waals surface area contributed by atoms with Crippen LogP contribution in [0.3, 0.4) is 0 Å². The van der Waals surface area contributed by atoms with E-state index in [0.717, 1.165) is 35.0 Å². The van der Waals surface area contributed by atoms with Gasteiger partial charge in [-0.05, 0) is 30.7 Å². The standard InChI is InChI=1S/C15H15N5/c1-2-13-9-14(19-10-18-13)20-8-7-17-15(20)11-3-5-12(16)6-4-11/h3-10H,2,16H2,1H3. The molecule has 0 unspecified atom stereocenters. The number of anilines is 1. The van der Waals surface area contributed by atoms with Crippen molar-refractivity contribution >= 4 is 5.69 Å². The molecule has 0 atom stereocenters. The van der Waals surface area contributed by atoms with Crippen LogP contribution in [0.25, 0.3) is 17.2 Å². The maximum Gasteiger partial charge on any atom is 0.145 e. The van der Waals surface area contributed by atoms with Crippen molar-refractivity contribution in [2.75, 3.05) is 5.73 Å². The molecule has 0 radical (unpaired) electrons. The van der Waals surface area contributed by atoms with Crippen LogP contribution in [0.4, 0.5) is 5.69 Å². The lowest BCUT2D eigenvalue weighted by Gasteiger charge is -2.08. The molecule has 1 aromatic carbocycles. The van der Waals surface area contributed by atoms with Gasteiger partial charge in [-0.1, -0.05) is 6.92 Å². The Morgan fingerprint density at radius 2 is 1.90 bits per heavy atom. The van der Waals surface area contributed by atoms with E-state index >= 15 is 0 Å². The third-order valence-corrected chi connectivity index (χ3v) is 3.13. The predicted octanol–water partition coefficient (Wildman–Crippen LogP) is 2.47. The summed E-state index contributed by atoms with van der Waals surface area (Å²) in [4.78, 5) is 13.0. The first kappa shape index (κ1) is 12.3. The fraction of sp³-hybridized carbons (Fsp3) is 0.133. The molecule has 0 fully saturated rings. The Kier molecular flexibility index (Phi) is 3.16. The van der Waals surface area contributed by atoms with Crippen LogP contribution in [0.1, 0.15) is 12.6 Å². The number of hydrogen-bond acceptors (Lipinski definition) is 4. The number of aromatic nitrogens is 4. The third-order valence-electron chi connectivity index (χ3n) is 3.13. The molecule has 5 heteroatoms. The minimum absolute atomic E-state index is 0.738. The Balaban J connectivity index is 2.07. The van der Waals surface area contributed by atoms with Gasteiger partial charge < -0.3 is 5.73 Å². The van der Waals surface area contributed by atoms with E-state index in [9.17, 15) is 0 Å². The molecular weight excluding hydrogens is 250 g/mol. The number of rotatable bonds is 3. The lowest BCUT2D eigenvalue weighted by atomic mass is 10.2. The van der Waals surface area contributed by atoms with Gasteiger partial charge in [0.1, 0.15) is 18.0 Å². The minimum Gasteiger partial charge on any atom is -0.399 e. The monoisotopic (exact) mass is 265 g/mol. The maximum atomic E-state index is 5.72. The van der Waals surface area contributed by atoms with E-state index in [0.29, 0.717) is 0 Å². The summed E-state index contributed by atoms with van der Waals surface area (Å²) in [6.45, 7) is 2.07. The topological polar surface area (TPSA) is 69.6 Å². The summed E-state index contributed by atoms with van der Waals surface area (Å²) in [7, 11) is 0. The number of benzene rings is 1. The van der Waals surface area contributed by atoms with Crippen molar-refractivity contribution in [2.24, 2.45) is 0 Å². The molecule has 2 N–H and O–H groups in total. The highest BCUT2D eigenvalue weighted by Gasteiger charge is 2.09. The molecule has 3 rings (SSSR count). The van der Waals surface area contributed by atoms with Gasteiger partial charge in [0.25, 0.3) is 0 Å². The van der Waals surface area contributed by atoms with E-state index in [1.165, 1.54) is 0 Å². The van der Waals surface area contributed by atoms with Crippen LogP contribution < -0.4 is 5.73 Å². The SMILES string of the molecule is CCc1cc(-n2ccnc2-c2ccc(N)cc2)ncn1. The lowest BCUT2D eigenvalue weighted by Crippen LogP contribution is -2.01. The largest absolute Gasteiger partial charge is 0.399 e. The van der Waals surface area contributed by atoms with Crippen molar-refractivity contribution < 1.29 is 0 Å². The van der Waals surface area contributed by atoms with Gasteiger partial charge in [-0.3, -0.25) is 4.57 Å². The summed E-state index contributed by atoms with van der Waals surface area (Å²) in [5, 5.41) is 0. The Bertz CT molecular complexity index is 715. The normalized spacial score (nSPS) is 10.7. The van der Waals surface area contributed by atoms with Crippen molar-refractivity contribution in [1.82, 2.24) is 19.5 Å². The van der Waals surface area contributed by atoms with E-state index in [-0.39, 0.29) is 0 Å². The third kappa shape index (κ3) is 2.25. The van der Waals surface area contributed by atoms with Crippen LogP contribution in [0.15, 0.2) is 49.1 Å². The summed E-state index contributed by atoms with van der Waals surface area (Å²) in [6, 6.07) is 9.62. The number of nitrogen functional groups attached to an aromatic ring is 1. The van der Waals surface area contributed by atoms with E-state index < -0.39 is 0 Å². The number of nitrogens with zero attached hydrogens (tertiary/aromatic N) is 4. The summed E-state index contributed by atoms with van der Waals surface area (Å²) in [5.74, 6) is 1.66. The van der Waals surface area contributed by atoms with Gasteiger partial charge in [0.05, 0.1) is 0 Å². The first-order valence-corrected chi connectivity index (χ1v) is 6.48. The molecule has 0 aliphatic rings. The summed E-state index contributed by atoms with van der Waals surface area (Å²) >= 11 is 0. The molecular formula is C15H15N5. The van der Waals surface area contributed by atoms with Crippen LogP contribution in [0.5, 0.6) is 0 Å². The molecule has 0 aliphatic heterocycles. The zero-order valence-corrected chi connectivity index (χ0v) is 11.2. The highest BCUT2D eigenvalue weighted by molar-refractivity contribution is 5.60. The molecule has 0 saturated carbocycles. The van der Waals surface area contributed by atoms with Gasteiger partial charge in [0.15, 0.2) is 0 Å². The molecule has 5 nitrogen and oxygen atoms in total. The number of hydrogen-bond donors (Lipinski definition) is 1. The molecule has 2 heterocycles. The van der Waals surface area contributed by atoms with Gasteiger partial charge in [-0.2, -0.15) is 0 Å². The van der Waals surface area contributed by atoms with Crippen molar-refractivity contribution in [2.45, 2.75) is 13.3 Å². The second kappa shape index (κ2) is 5.13. The van der Waals surface area contributed by atoms with Crippen LogP contribution in [0, 0.1) is 0 Å². The highest BCUT2D eigenvalue weighted by Crippen LogP contribution is 2.21. The molecule has 2 aromatic heterocycles. The van der Waals surface area contributed by atoms with Crippen LogP contribution in [0.2, 0.25) is 0 Å². The molecule has 3 aromatic rings. The first-order valence-electron chi connectivity index (χ1n) is 6.48. The van der Waals surface area contributed by atoms with Crippen molar-refractivity contribution in [3.63, 3.8) is 0 Å². The predicted molar refractivity (Wildman–Crippen MR) is 78.4 cm³/mol. The molecule has 100 valence electrons. The van der Waals surface area contributed by atoms with Gasteiger partial charge in [-0.15, -0.1) is 0 Å². The van der Waals surface area contributed by atoms with Crippen LogP contribution >= 0.6 is 0 Å². The highest BCUT2D eigenvalue weighted by atomic mass is 15.1. The fourth-order valence-electron chi connectivity index (χ4n) is 2.04. The fourth-order valence-corrected chi connectivity index (χ4v) is 2.04. The zero-order valence-electron chi connectivity index (χ0n) is 11.2. The molecule has 0 amide bonds. The van der Waals surface area contributed by atoms with E-state index in [4.69, 9.17) is 5.73 Å². The smallest absolute Gasteiger partial charge is 0.145 e. The molecule has 20 heavy (non-hydrogen) atoms. The summed E-state index contributed by atoms with van der Waals surface area (Å²) in [5.41, 5.74) is 8.46. The molecule has 0 aliphatic carbocycles. The van der Waals surface area contributed by atoms with E-state index in [1.54, 1.807) is 12.5 Å².